The summed E-state index contributed by atoms with van der Waals surface area (Å²) in [5.74, 6) is 2.16. The summed E-state index contributed by atoms with van der Waals surface area (Å²) in [6, 6.07) is 9.33. The largest absolute Gasteiger partial charge is 0.481 e. The molecule has 2 rings (SSSR count). The Kier molecular flexibility index (Phi) is 6.25. The van der Waals surface area contributed by atoms with Gasteiger partial charge in [-0.3, -0.25) is 4.79 Å². The second-order valence-electron chi connectivity index (χ2n) is 6.39. The van der Waals surface area contributed by atoms with Crippen molar-refractivity contribution in [2.75, 3.05) is 19.5 Å². The van der Waals surface area contributed by atoms with Crippen LogP contribution in [0.1, 0.15) is 26.6 Å². The molecule has 134 valence electrons. The number of anilines is 1. The number of nitrogens with one attached hydrogen (secondary N) is 1. The molecule has 0 unspecified atom stereocenters. The Morgan fingerprint density at radius 1 is 1.08 bits per heavy atom. The van der Waals surface area contributed by atoms with Crippen LogP contribution in [-0.4, -0.2) is 30.1 Å². The van der Waals surface area contributed by atoms with Gasteiger partial charge in [-0.2, -0.15) is 9.97 Å². The molecule has 0 saturated heterocycles. The summed E-state index contributed by atoms with van der Waals surface area (Å²) in [7, 11) is 3.12. The van der Waals surface area contributed by atoms with E-state index in [-0.39, 0.29) is 5.91 Å². The van der Waals surface area contributed by atoms with Crippen LogP contribution in [0.15, 0.2) is 35.2 Å². The van der Waals surface area contributed by atoms with Gasteiger partial charge in [-0.05, 0) is 24.3 Å². The van der Waals surface area contributed by atoms with Gasteiger partial charge in [0.1, 0.15) is 5.82 Å². The highest BCUT2D eigenvalue weighted by Gasteiger charge is 2.21. The molecule has 1 aromatic heterocycles. The topological polar surface area (TPSA) is 73.3 Å². The first-order chi connectivity index (χ1) is 11.8. The highest BCUT2D eigenvalue weighted by molar-refractivity contribution is 7.98. The predicted octanol–water partition coefficient (Wildman–Crippen LogP) is 3.77. The van der Waals surface area contributed by atoms with E-state index in [0.717, 1.165) is 10.6 Å². The Morgan fingerprint density at radius 2 is 1.64 bits per heavy atom. The quantitative estimate of drug-likeness (QED) is 0.790. The van der Waals surface area contributed by atoms with Crippen molar-refractivity contribution in [3.05, 3.63) is 36.2 Å². The number of nitrogens with zero attached hydrogens (tertiary/aromatic N) is 2. The molecule has 25 heavy (non-hydrogen) atoms. The first-order valence-electron chi connectivity index (χ1n) is 7.82. The normalized spacial score (nSPS) is 11.1. The predicted molar refractivity (Wildman–Crippen MR) is 99.2 cm³/mol. The lowest BCUT2D eigenvalue weighted by molar-refractivity contribution is -0.123. The van der Waals surface area contributed by atoms with E-state index >= 15 is 0 Å². The van der Waals surface area contributed by atoms with Crippen molar-refractivity contribution in [1.82, 2.24) is 9.97 Å². The van der Waals surface area contributed by atoms with Gasteiger partial charge in [0.2, 0.25) is 17.7 Å². The van der Waals surface area contributed by atoms with E-state index in [2.05, 4.69) is 15.3 Å². The number of carbonyl (C=O) groups excluding carboxylic acids is 1. The lowest BCUT2D eigenvalue weighted by atomic mass is 9.95. The van der Waals surface area contributed by atoms with Crippen LogP contribution >= 0.6 is 11.8 Å². The van der Waals surface area contributed by atoms with Crippen LogP contribution < -0.4 is 14.8 Å². The molecule has 7 heteroatoms. The first kappa shape index (κ1) is 19.1. The molecule has 0 radical (unpaired) electrons. The third-order valence-electron chi connectivity index (χ3n) is 3.31. The smallest absolute Gasteiger partial charge is 0.229 e. The lowest BCUT2D eigenvalue weighted by Gasteiger charge is -2.17. The number of rotatable bonds is 6. The van der Waals surface area contributed by atoms with E-state index in [1.165, 1.54) is 0 Å². The number of benzene rings is 1. The van der Waals surface area contributed by atoms with Crippen molar-refractivity contribution in [3.8, 4) is 11.8 Å². The van der Waals surface area contributed by atoms with Crippen LogP contribution in [0.3, 0.4) is 0 Å². The monoisotopic (exact) mass is 361 g/mol. The Balaban J connectivity index is 1.99. The molecule has 0 spiro atoms. The fourth-order valence-electron chi connectivity index (χ4n) is 1.82. The maximum absolute atomic E-state index is 12.0. The molecule has 0 aliphatic rings. The average Bonchev–Trinajstić information content (AvgIpc) is 2.60. The minimum absolute atomic E-state index is 0.00946. The van der Waals surface area contributed by atoms with Crippen LogP contribution in [0.25, 0.3) is 0 Å². The molecule has 6 nitrogen and oxygen atoms in total. The molecule has 0 bridgehead atoms. The maximum Gasteiger partial charge on any atom is 0.229 e. The first-order valence-corrected chi connectivity index (χ1v) is 8.80. The van der Waals surface area contributed by atoms with E-state index in [4.69, 9.17) is 9.47 Å². The maximum atomic E-state index is 12.0. The van der Waals surface area contributed by atoms with Crippen LogP contribution in [0, 0.1) is 5.41 Å². The molecule has 1 amide bonds. The molecule has 0 fully saturated rings. The Morgan fingerprint density at radius 3 is 2.12 bits per heavy atom. The van der Waals surface area contributed by atoms with E-state index in [1.807, 2.05) is 45.0 Å². The summed E-state index contributed by atoms with van der Waals surface area (Å²) in [6.45, 7) is 5.65. The third kappa shape index (κ3) is 5.63. The van der Waals surface area contributed by atoms with Gasteiger partial charge in [0, 0.05) is 16.0 Å². The van der Waals surface area contributed by atoms with Crippen molar-refractivity contribution < 1.29 is 14.3 Å². The van der Waals surface area contributed by atoms with Gasteiger partial charge >= 0.3 is 0 Å². The Bertz CT molecular complexity index is 705. The fourth-order valence-corrected chi connectivity index (χ4v) is 2.58. The number of hydrogen-bond donors (Lipinski definition) is 1. The van der Waals surface area contributed by atoms with Crippen LogP contribution in [0.5, 0.6) is 11.8 Å². The zero-order valence-corrected chi connectivity index (χ0v) is 15.9. The molecule has 0 aliphatic carbocycles. The number of carbonyl (C=O) groups is 1. The van der Waals surface area contributed by atoms with E-state index in [1.54, 1.807) is 32.0 Å². The molecule has 1 N–H and O–H groups in total. The summed E-state index contributed by atoms with van der Waals surface area (Å²) in [5, 5.41) is 2.91. The van der Waals surface area contributed by atoms with E-state index in [0.29, 0.717) is 23.3 Å². The van der Waals surface area contributed by atoms with Crippen molar-refractivity contribution in [3.63, 3.8) is 0 Å². The van der Waals surface area contributed by atoms with Gasteiger partial charge < -0.3 is 14.8 Å². The molecular weight excluding hydrogens is 338 g/mol. The number of ether oxygens (including phenoxy) is 2. The summed E-state index contributed by atoms with van der Waals surface area (Å²) >= 11 is 1.60. The van der Waals surface area contributed by atoms with Gasteiger partial charge in [0.05, 0.1) is 26.0 Å². The molecule has 1 heterocycles. The minimum atomic E-state index is -0.420. The summed E-state index contributed by atoms with van der Waals surface area (Å²) in [5.41, 5.74) is 0.361. The van der Waals surface area contributed by atoms with Gasteiger partial charge in [-0.1, -0.05) is 20.8 Å². The second-order valence-corrected chi connectivity index (χ2v) is 7.43. The summed E-state index contributed by atoms with van der Waals surface area (Å²) < 4.78 is 10.3. The van der Waals surface area contributed by atoms with Crippen LogP contribution in [0.2, 0.25) is 0 Å². The second kappa shape index (κ2) is 8.20. The van der Waals surface area contributed by atoms with Crippen LogP contribution in [-0.2, 0) is 10.5 Å². The molecule has 0 aliphatic heterocycles. The SMILES string of the molecule is COc1cc(OC)nc(CSc2ccc(NC(=O)C(C)(C)C)cc2)n1. The number of methoxy groups -OCH3 is 2. The van der Waals surface area contributed by atoms with Crippen molar-refractivity contribution >= 4 is 23.4 Å². The lowest BCUT2D eigenvalue weighted by Crippen LogP contribution is -2.27. The number of thioether (sulfide) groups is 1. The molecule has 0 atom stereocenters. The van der Waals surface area contributed by atoms with Gasteiger partial charge in [-0.25, -0.2) is 0 Å². The number of aromatic nitrogens is 2. The molecule has 2 aromatic rings. The summed E-state index contributed by atoms with van der Waals surface area (Å²) in [4.78, 5) is 21.7. The van der Waals surface area contributed by atoms with Gasteiger partial charge in [-0.15, -0.1) is 11.8 Å². The number of amides is 1. The zero-order valence-electron chi connectivity index (χ0n) is 15.1. The van der Waals surface area contributed by atoms with E-state index in [9.17, 15) is 4.79 Å². The Hall–Kier alpha value is -2.28. The van der Waals surface area contributed by atoms with Crippen molar-refractivity contribution in [1.29, 1.82) is 0 Å². The standard InChI is InChI=1S/C18H23N3O3S/c1-18(2,3)17(22)19-12-6-8-13(9-7-12)25-11-14-20-15(23-4)10-16(21-14)24-5/h6-10H,11H2,1-5H3,(H,19,22). The average molecular weight is 361 g/mol. The van der Waals surface area contributed by atoms with Gasteiger partial charge in [0.15, 0.2) is 0 Å². The fraction of sp³-hybridized carbons (Fsp3) is 0.389. The molecular formula is C18H23N3O3S. The van der Waals surface area contributed by atoms with Crippen molar-refractivity contribution in [2.45, 2.75) is 31.4 Å². The molecule has 0 saturated carbocycles. The minimum Gasteiger partial charge on any atom is -0.481 e. The highest BCUT2D eigenvalue weighted by atomic mass is 32.2. The third-order valence-corrected chi connectivity index (χ3v) is 4.31. The molecule has 1 aromatic carbocycles. The van der Waals surface area contributed by atoms with E-state index < -0.39 is 5.41 Å². The highest BCUT2D eigenvalue weighted by Crippen LogP contribution is 2.25. The number of hydrogen-bond acceptors (Lipinski definition) is 6. The zero-order chi connectivity index (χ0) is 18.4. The van der Waals surface area contributed by atoms with Crippen LogP contribution in [0.4, 0.5) is 5.69 Å². The summed E-state index contributed by atoms with van der Waals surface area (Å²) in [6.07, 6.45) is 0. The van der Waals surface area contributed by atoms with Gasteiger partial charge in [0.25, 0.3) is 0 Å². The van der Waals surface area contributed by atoms with Crippen molar-refractivity contribution in [2.24, 2.45) is 5.41 Å². The Labute approximate surface area is 152 Å².